The summed E-state index contributed by atoms with van der Waals surface area (Å²) in [6.45, 7) is 7.80. The van der Waals surface area contributed by atoms with Crippen LogP contribution in [0, 0.1) is 11.8 Å². The van der Waals surface area contributed by atoms with Crippen molar-refractivity contribution in [3.05, 3.63) is 28.8 Å². The first-order valence-corrected chi connectivity index (χ1v) is 7.67. The van der Waals surface area contributed by atoms with Crippen LogP contribution in [-0.4, -0.2) is 20.1 Å². The lowest BCUT2D eigenvalue weighted by atomic mass is 9.86. The summed E-state index contributed by atoms with van der Waals surface area (Å²) in [7, 11) is 1.96. The molecule has 0 unspecified atom stereocenters. The van der Waals surface area contributed by atoms with Gasteiger partial charge in [0.2, 0.25) is 0 Å². The van der Waals surface area contributed by atoms with Gasteiger partial charge in [0, 0.05) is 19.6 Å². The maximum Gasteiger partial charge on any atom is 0.0642 e. The highest BCUT2D eigenvalue weighted by Gasteiger charge is 2.22. The lowest BCUT2D eigenvalue weighted by Gasteiger charge is -2.35. The Balaban J connectivity index is 2.03. The predicted molar refractivity (Wildman–Crippen MR) is 84.0 cm³/mol. The molecule has 1 fully saturated rings. The van der Waals surface area contributed by atoms with Gasteiger partial charge >= 0.3 is 0 Å². The van der Waals surface area contributed by atoms with Gasteiger partial charge in [0.05, 0.1) is 10.7 Å². The second-order valence-corrected chi connectivity index (χ2v) is 6.29. The molecule has 106 valence electrons. The van der Waals surface area contributed by atoms with Gasteiger partial charge in [0.15, 0.2) is 0 Å². The van der Waals surface area contributed by atoms with E-state index in [9.17, 15) is 0 Å². The van der Waals surface area contributed by atoms with E-state index in [1.54, 1.807) is 0 Å². The summed E-state index contributed by atoms with van der Waals surface area (Å²) in [6, 6.07) is 6.43. The van der Waals surface area contributed by atoms with Crippen molar-refractivity contribution in [2.75, 3.05) is 25.0 Å². The normalized spacial score (nSPS) is 17.2. The Bertz CT molecular complexity index is 409. The van der Waals surface area contributed by atoms with E-state index in [1.165, 1.54) is 24.1 Å². The van der Waals surface area contributed by atoms with Crippen LogP contribution in [0.1, 0.15) is 32.3 Å². The molecular weight excluding hydrogens is 256 g/mol. The lowest BCUT2D eigenvalue weighted by molar-refractivity contribution is 0.311. The van der Waals surface area contributed by atoms with Gasteiger partial charge < -0.3 is 10.2 Å². The number of nitrogens with one attached hydrogen (secondary N) is 1. The zero-order chi connectivity index (χ0) is 13.8. The monoisotopic (exact) mass is 280 g/mol. The number of rotatable bonds is 4. The molecule has 1 saturated heterocycles. The second-order valence-electron chi connectivity index (χ2n) is 5.88. The Kier molecular flexibility index (Phi) is 5.12. The Morgan fingerprint density at radius 3 is 2.53 bits per heavy atom. The average Bonchev–Trinajstić information content (AvgIpc) is 2.39. The first kappa shape index (κ1) is 14.7. The number of piperidine rings is 1. The van der Waals surface area contributed by atoms with E-state index in [0.29, 0.717) is 0 Å². The van der Waals surface area contributed by atoms with E-state index < -0.39 is 0 Å². The molecule has 0 aliphatic carbocycles. The van der Waals surface area contributed by atoms with Crippen molar-refractivity contribution in [2.24, 2.45) is 11.8 Å². The average molecular weight is 281 g/mol. The summed E-state index contributed by atoms with van der Waals surface area (Å²) in [5.74, 6) is 1.68. The minimum atomic E-state index is 0.802. The maximum absolute atomic E-state index is 6.43. The number of hydrogen-bond acceptors (Lipinski definition) is 2. The Morgan fingerprint density at radius 2 is 2.00 bits per heavy atom. The van der Waals surface area contributed by atoms with Gasteiger partial charge in [-0.05, 0) is 49.4 Å². The van der Waals surface area contributed by atoms with Gasteiger partial charge in [0.1, 0.15) is 0 Å². The van der Waals surface area contributed by atoms with Crippen LogP contribution in [0.2, 0.25) is 5.02 Å². The minimum absolute atomic E-state index is 0.802. The van der Waals surface area contributed by atoms with Crippen LogP contribution in [-0.2, 0) is 6.54 Å². The van der Waals surface area contributed by atoms with E-state index in [1.807, 2.05) is 7.05 Å². The molecule has 3 heteroatoms. The summed E-state index contributed by atoms with van der Waals surface area (Å²) in [6.07, 6.45) is 2.57. The molecule has 2 nitrogen and oxygen atoms in total. The van der Waals surface area contributed by atoms with Crippen molar-refractivity contribution in [3.8, 4) is 0 Å². The van der Waals surface area contributed by atoms with E-state index >= 15 is 0 Å². The molecular formula is C16H25ClN2. The maximum atomic E-state index is 6.43. The van der Waals surface area contributed by atoms with Crippen molar-refractivity contribution in [1.82, 2.24) is 5.32 Å². The van der Waals surface area contributed by atoms with Crippen molar-refractivity contribution >= 4 is 17.3 Å². The van der Waals surface area contributed by atoms with Crippen LogP contribution in [0.3, 0.4) is 0 Å². The van der Waals surface area contributed by atoms with Gasteiger partial charge in [-0.1, -0.05) is 31.5 Å². The molecule has 0 amide bonds. The van der Waals surface area contributed by atoms with Crippen molar-refractivity contribution in [3.63, 3.8) is 0 Å². The third kappa shape index (κ3) is 3.64. The molecule has 0 atom stereocenters. The first-order chi connectivity index (χ1) is 9.11. The number of halogens is 1. The van der Waals surface area contributed by atoms with Crippen molar-refractivity contribution in [2.45, 2.75) is 33.2 Å². The van der Waals surface area contributed by atoms with E-state index in [4.69, 9.17) is 11.6 Å². The molecule has 1 aromatic rings. The van der Waals surface area contributed by atoms with Gasteiger partial charge in [-0.25, -0.2) is 0 Å². The third-order valence-corrected chi connectivity index (χ3v) is 4.52. The van der Waals surface area contributed by atoms with E-state index in [-0.39, 0.29) is 0 Å². The minimum Gasteiger partial charge on any atom is -0.370 e. The second kappa shape index (κ2) is 6.62. The third-order valence-electron chi connectivity index (χ3n) is 4.22. The Morgan fingerprint density at radius 1 is 1.32 bits per heavy atom. The summed E-state index contributed by atoms with van der Waals surface area (Å²) in [5, 5.41) is 4.04. The fourth-order valence-corrected chi connectivity index (χ4v) is 3.25. The zero-order valence-electron chi connectivity index (χ0n) is 12.2. The molecule has 0 spiro atoms. The molecule has 1 aliphatic rings. The standard InChI is InChI=1S/C16H25ClN2/c1-12(2)14-6-8-19(9-7-14)16-5-4-13(11-18-3)10-15(16)17/h4-5,10,12,14,18H,6-9,11H2,1-3H3. The van der Waals surface area contributed by atoms with Crippen LogP contribution >= 0.6 is 11.6 Å². The molecule has 2 rings (SSSR count). The van der Waals surface area contributed by atoms with E-state index in [2.05, 4.69) is 42.3 Å². The molecule has 1 aromatic carbocycles. The molecule has 19 heavy (non-hydrogen) atoms. The predicted octanol–water partition coefficient (Wildman–Crippen LogP) is 3.93. The topological polar surface area (TPSA) is 15.3 Å². The van der Waals surface area contributed by atoms with Crippen LogP contribution in [0.5, 0.6) is 0 Å². The van der Waals surface area contributed by atoms with E-state index in [0.717, 1.165) is 36.5 Å². The highest BCUT2D eigenvalue weighted by Crippen LogP contribution is 2.32. The van der Waals surface area contributed by atoms with Gasteiger partial charge in [-0.2, -0.15) is 0 Å². The summed E-state index contributed by atoms with van der Waals surface area (Å²) >= 11 is 6.43. The summed E-state index contributed by atoms with van der Waals surface area (Å²) in [5.41, 5.74) is 2.44. The molecule has 1 heterocycles. The largest absolute Gasteiger partial charge is 0.370 e. The van der Waals surface area contributed by atoms with Crippen molar-refractivity contribution < 1.29 is 0 Å². The highest BCUT2D eigenvalue weighted by molar-refractivity contribution is 6.33. The highest BCUT2D eigenvalue weighted by atomic mass is 35.5. The smallest absolute Gasteiger partial charge is 0.0642 e. The Labute approximate surface area is 122 Å². The molecule has 0 aromatic heterocycles. The quantitative estimate of drug-likeness (QED) is 0.899. The molecule has 0 bridgehead atoms. The van der Waals surface area contributed by atoms with Crippen LogP contribution in [0.25, 0.3) is 0 Å². The molecule has 0 saturated carbocycles. The Hall–Kier alpha value is -0.730. The number of benzene rings is 1. The molecule has 0 radical (unpaired) electrons. The number of hydrogen-bond donors (Lipinski definition) is 1. The van der Waals surface area contributed by atoms with Crippen LogP contribution < -0.4 is 10.2 Å². The number of nitrogens with zero attached hydrogens (tertiary/aromatic N) is 1. The van der Waals surface area contributed by atoms with Crippen LogP contribution in [0.15, 0.2) is 18.2 Å². The zero-order valence-corrected chi connectivity index (χ0v) is 13.0. The van der Waals surface area contributed by atoms with Gasteiger partial charge in [0.25, 0.3) is 0 Å². The summed E-state index contributed by atoms with van der Waals surface area (Å²) < 4.78 is 0. The lowest BCUT2D eigenvalue weighted by Crippen LogP contribution is -2.35. The van der Waals surface area contributed by atoms with Crippen LogP contribution in [0.4, 0.5) is 5.69 Å². The molecule has 1 aliphatic heterocycles. The summed E-state index contributed by atoms with van der Waals surface area (Å²) in [4.78, 5) is 2.43. The SMILES string of the molecule is CNCc1ccc(N2CCC(C(C)C)CC2)c(Cl)c1. The van der Waals surface area contributed by atoms with Gasteiger partial charge in [-0.3, -0.25) is 0 Å². The number of anilines is 1. The first-order valence-electron chi connectivity index (χ1n) is 7.29. The fraction of sp³-hybridized carbons (Fsp3) is 0.625. The fourth-order valence-electron chi connectivity index (χ4n) is 2.93. The molecule has 1 N–H and O–H groups in total. The van der Waals surface area contributed by atoms with Crippen molar-refractivity contribution in [1.29, 1.82) is 0 Å². The van der Waals surface area contributed by atoms with Gasteiger partial charge in [-0.15, -0.1) is 0 Å².